The molecule has 1 aromatic rings. The Morgan fingerprint density at radius 3 is 3.13 bits per heavy atom. The van der Waals surface area contributed by atoms with Gasteiger partial charge in [-0.15, -0.1) is 6.58 Å². The zero-order chi connectivity index (χ0) is 11.1. The van der Waals surface area contributed by atoms with Crippen LogP contribution in [-0.2, 0) is 0 Å². The molecule has 80 valence electrons. The van der Waals surface area contributed by atoms with Crippen LogP contribution in [0.25, 0.3) is 0 Å². The van der Waals surface area contributed by atoms with E-state index in [1.807, 2.05) is 13.0 Å². The molecule has 1 aromatic heterocycles. The summed E-state index contributed by atoms with van der Waals surface area (Å²) in [5.74, 6) is 0. The summed E-state index contributed by atoms with van der Waals surface area (Å²) in [6, 6.07) is 4.93. The van der Waals surface area contributed by atoms with Crippen LogP contribution in [-0.4, -0.2) is 10.4 Å². The van der Waals surface area contributed by atoms with Crippen LogP contribution in [0.4, 0.5) is 0 Å². The van der Waals surface area contributed by atoms with Gasteiger partial charge in [-0.25, -0.2) is 10.2 Å². The number of nitrogens with zero attached hydrogens (tertiary/aromatic N) is 2. The Morgan fingerprint density at radius 1 is 1.67 bits per heavy atom. The van der Waals surface area contributed by atoms with Gasteiger partial charge in [0.2, 0.25) is 0 Å². The van der Waals surface area contributed by atoms with Gasteiger partial charge in [-0.3, -0.25) is 4.79 Å². The molecule has 1 heterocycles. The summed E-state index contributed by atoms with van der Waals surface area (Å²) < 4.78 is 1.33. The molecule has 1 N–H and O–H groups in total. The average Bonchev–Trinajstić information content (AvgIpc) is 2.25. The first-order valence-corrected chi connectivity index (χ1v) is 4.82. The van der Waals surface area contributed by atoms with Crippen molar-refractivity contribution in [2.45, 2.75) is 19.8 Å². The molecule has 15 heavy (non-hydrogen) atoms. The Labute approximate surface area is 88.9 Å². The predicted molar refractivity (Wildman–Crippen MR) is 62.6 cm³/mol. The van der Waals surface area contributed by atoms with Crippen molar-refractivity contribution >= 4 is 5.71 Å². The zero-order valence-electron chi connectivity index (χ0n) is 8.81. The fourth-order valence-electron chi connectivity index (χ4n) is 1.02. The highest BCUT2D eigenvalue weighted by atomic mass is 16.1. The van der Waals surface area contributed by atoms with E-state index in [1.54, 1.807) is 18.3 Å². The minimum absolute atomic E-state index is 0.127. The highest BCUT2D eigenvalue weighted by Gasteiger charge is 1.91. The Balaban J connectivity index is 2.60. The van der Waals surface area contributed by atoms with Gasteiger partial charge < -0.3 is 0 Å². The van der Waals surface area contributed by atoms with Gasteiger partial charge in [0.25, 0.3) is 5.56 Å². The molecule has 1 rings (SSSR count). The van der Waals surface area contributed by atoms with Crippen LogP contribution in [0, 0.1) is 0 Å². The number of rotatable bonds is 5. The molecule has 0 aliphatic rings. The molecule has 0 unspecified atom stereocenters. The maximum Gasteiger partial charge on any atom is 0.270 e. The maximum absolute atomic E-state index is 11.3. The molecule has 0 saturated heterocycles. The lowest BCUT2D eigenvalue weighted by Crippen LogP contribution is -2.24. The van der Waals surface area contributed by atoms with E-state index in [1.165, 1.54) is 10.7 Å². The molecular weight excluding hydrogens is 190 g/mol. The second-order valence-electron chi connectivity index (χ2n) is 3.18. The second kappa shape index (κ2) is 5.80. The number of hydrogen-bond donors (Lipinski definition) is 1. The Kier molecular flexibility index (Phi) is 4.34. The van der Waals surface area contributed by atoms with Crippen molar-refractivity contribution in [3.8, 4) is 0 Å². The van der Waals surface area contributed by atoms with Gasteiger partial charge in [-0.05, 0) is 25.8 Å². The number of hydrogen-bond acceptors (Lipinski definition) is 3. The topological polar surface area (TPSA) is 46.4 Å². The SMILES string of the molecule is C=CCC/C(C)=N\Nn1ccccc1=O. The standard InChI is InChI=1S/C11H15N3O/c1-3-4-7-10(2)12-13-14-9-6-5-8-11(14)15/h3,5-6,8-9,13H,1,4,7H2,2H3/b12-10-. The van der Waals surface area contributed by atoms with Crippen LogP contribution in [0.1, 0.15) is 19.8 Å². The summed E-state index contributed by atoms with van der Waals surface area (Å²) in [7, 11) is 0. The molecule has 0 fully saturated rings. The number of aromatic nitrogens is 1. The van der Waals surface area contributed by atoms with Crippen molar-refractivity contribution < 1.29 is 0 Å². The molecule has 0 saturated carbocycles. The van der Waals surface area contributed by atoms with E-state index in [-0.39, 0.29) is 5.56 Å². The minimum atomic E-state index is -0.127. The predicted octanol–water partition coefficient (Wildman–Crippen LogP) is 1.73. The molecule has 0 spiro atoms. The zero-order valence-corrected chi connectivity index (χ0v) is 8.81. The van der Waals surface area contributed by atoms with E-state index in [9.17, 15) is 4.79 Å². The van der Waals surface area contributed by atoms with E-state index >= 15 is 0 Å². The monoisotopic (exact) mass is 205 g/mol. The van der Waals surface area contributed by atoms with Crippen molar-refractivity contribution in [3.05, 3.63) is 47.4 Å². The van der Waals surface area contributed by atoms with Crippen molar-refractivity contribution in [1.29, 1.82) is 0 Å². The molecule has 0 amide bonds. The molecule has 0 atom stereocenters. The molecule has 0 radical (unpaired) electrons. The third kappa shape index (κ3) is 3.81. The van der Waals surface area contributed by atoms with Crippen molar-refractivity contribution in [3.63, 3.8) is 0 Å². The fourth-order valence-corrected chi connectivity index (χ4v) is 1.02. The lowest BCUT2D eigenvalue weighted by atomic mass is 10.2. The largest absolute Gasteiger partial charge is 0.270 e. The average molecular weight is 205 g/mol. The summed E-state index contributed by atoms with van der Waals surface area (Å²) in [6.07, 6.45) is 5.21. The molecule has 4 nitrogen and oxygen atoms in total. The number of hydrazone groups is 1. The van der Waals surface area contributed by atoms with Crippen molar-refractivity contribution in [1.82, 2.24) is 4.68 Å². The molecule has 0 aromatic carbocycles. The van der Waals surface area contributed by atoms with Crippen LogP contribution in [0.15, 0.2) is 46.9 Å². The van der Waals surface area contributed by atoms with Gasteiger partial charge in [0.1, 0.15) is 0 Å². The van der Waals surface area contributed by atoms with E-state index < -0.39 is 0 Å². The first-order valence-electron chi connectivity index (χ1n) is 4.82. The summed E-state index contributed by atoms with van der Waals surface area (Å²) in [5.41, 5.74) is 3.49. The molecule has 0 aliphatic heterocycles. The van der Waals surface area contributed by atoms with Gasteiger partial charge in [-0.2, -0.15) is 5.10 Å². The smallest absolute Gasteiger partial charge is 0.267 e. The van der Waals surface area contributed by atoms with Gasteiger partial charge >= 0.3 is 0 Å². The number of pyridine rings is 1. The van der Waals surface area contributed by atoms with Crippen LogP contribution < -0.4 is 11.1 Å². The highest BCUT2D eigenvalue weighted by molar-refractivity contribution is 5.82. The molecule has 0 aliphatic carbocycles. The fraction of sp³-hybridized carbons (Fsp3) is 0.273. The third-order valence-electron chi connectivity index (χ3n) is 1.88. The second-order valence-corrected chi connectivity index (χ2v) is 3.18. The summed E-state index contributed by atoms with van der Waals surface area (Å²) in [6.45, 7) is 5.54. The van der Waals surface area contributed by atoms with E-state index in [0.29, 0.717) is 0 Å². The van der Waals surface area contributed by atoms with Crippen LogP contribution >= 0.6 is 0 Å². The third-order valence-corrected chi connectivity index (χ3v) is 1.88. The summed E-state index contributed by atoms with van der Waals surface area (Å²) >= 11 is 0. The van der Waals surface area contributed by atoms with E-state index in [4.69, 9.17) is 0 Å². The van der Waals surface area contributed by atoms with E-state index in [2.05, 4.69) is 17.2 Å². The Morgan fingerprint density at radius 2 is 2.47 bits per heavy atom. The molecular formula is C11H15N3O. The van der Waals surface area contributed by atoms with Crippen LogP contribution in [0.5, 0.6) is 0 Å². The van der Waals surface area contributed by atoms with Crippen molar-refractivity contribution in [2.75, 3.05) is 5.53 Å². The first-order chi connectivity index (χ1) is 7.24. The molecule has 4 heteroatoms. The van der Waals surface area contributed by atoms with Crippen LogP contribution in [0.3, 0.4) is 0 Å². The van der Waals surface area contributed by atoms with Gasteiger partial charge in [0.05, 0.1) is 0 Å². The van der Waals surface area contributed by atoms with Gasteiger partial charge in [0, 0.05) is 18.0 Å². The summed E-state index contributed by atoms with van der Waals surface area (Å²) in [5, 5.41) is 4.07. The van der Waals surface area contributed by atoms with Crippen LogP contribution in [0.2, 0.25) is 0 Å². The number of nitrogens with one attached hydrogen (secondary N) is 1. The number of allylic oxidation sites excluding steroid dienone is 1. The highest BCUT2D eigenvalue weighted by Crippen LogP contribution is 1.92. The lowest BCUT2D eigenvalue weighted by Gasteiger charge is -2.04. The van der Waals surface area contributed by atoms with Crippen molar-refractivity contribution in [2.24, 2.45) is 5.10 Å². The molecule has 0 bridgehead atoms. The van der Waals surface area contributed by atoms with E-state index in [0.717, 1.165) is 18.6 Å². The Hall–Kier alpha value is -1.84. The van der Waals surface area contributed by atoms with Gasteiger partial charge in [-0.1, -0.05) is 12.1 Å². The summed E-state index contributed by atoms with van der Waals surface area (Å²) in [4.78, 5) is 11.3. The van der Waals surface area contributed by atoms with Gasteiger partial charge in [0.15, 0.2) is 0 Å². The lowest BCUT2D eigenvalue weighted by molar-refractivity contribution is 0.830. The first kappa shape index (κ1) is 11.2. The Bertz CT molecular complexity index is 406. The quantitative estimate of drug-likeness (QED) is 0.452. The minimum Gasteiger partial charge on any atom is -0.267 e. The maximum atomic E-state index is 11.3. The normalized spacial score (nSPS) is 11.1.